The average Bonchev–Trinajstić information content (AvgIpc) is 2.39. The van der Waals surface area contributed by atoms with Crippen LogP contribution in [0.3, 0.4) is 0 Å². The Balaban J connectivity index is 2.68. The van der Waals surface area contributed by atoms with Crippen molar-refractivity contribution >= 4 is 23.2 Å². The van der Waals surface area contributed by atoms with Gasteiger partial charge in [-0.2, -0.15) is 0 Å². The van der Waals surface area contributed by atoms with Crippen LogP contribution in [0.4, 0.5) is 5.69 Å². The van der Waals surface area contributed by atoms with Crippen LogP contribution in [0.15, 0.2) is 18.2 Å². The molecule has 0 aromatic heterocycles. The second-order valence-corrected chi connectivity index (χ2v) is 5.32. The summed E-state index contributed by atoms with van der Waals surface area (Å²) in [5.41, 5.74) is 1.18. The van der Waals surface area contributed by atoms with Crippen LogP contribution in [0.5, 0.6) is 0 Å². The van der Waals surface area contributed by atoms with Gasteiger partial charge in [0.15, 0.2) is 0 Å². The zero-order valence-corrected chi connectivity index (χ0v) is 12.6. The Morgan fingerprint density at radius 1 is 1.42 bits per heavy atom. The first-order chi connectivity index (χ1) is 8.89. The lowest BCUT2D eigenvalue weighted by atomic mass is 10.1. The van der Waals surface area contributed by atoms with Crippen LogP contribution >= 0.6 is 11.6 Å². The Bertz CT molecular complexity index is 447. The molecule has 0 bridgehead atoms. The Kier molecular flexibility index (Phi) is 5.63. The molecule has 0 fully saturated rings. The van der Waals surface area contributed by atoms with Crippen molar-refractivity contribution < 1.29 is 9.53 Å². The van der Waals surface area contributed by atoms with Crippen molar-refractivity contribution in [3.05, 3.63) is 28.8 Å². The number of halogens is 1. The molecule has 2 N–H and O–H groups in total. The lowest BCUT2D eigenvalue weighted by Crippen LogP contribution is -2.25. The SMILES string of the molecule is CNC(=O)c1cc(NCCC(C)(C)OC)ccc1Cl. The number of carbonyl (C=O) groups is 1. The summed E-state index contributed by atoms with van der Waals surface area (Å²) in [6.07, 6.45) is 0.863. The number of hydrogen-bond donors (Lipinski definition) is 2. The lowest BCUT2D eigenvalue weighted by molar-refractivity contribution is 0.0185. The zero-order valence-electron chi connectivity index (χ0n) is 11.8. The number of anilines is 1. The summed E-state index contributed by atoms with van der Waals surface area (Å²) in [6, 6.07) is 5.32. The fourth-order valence-corrected chi connectivity index (χ4v) is 1.76. The normalized spacial score (nSPS) is 11.2. The summed E-state index contributed by atoms with van der Waals surface area (Å²) in [7, 11) is 3.28. The molecule has 1 aromatic carbocycles. The third-order valence-corrected chi connectivity index (χ3v) is 3.38. The predicted molar refractivity (Wildman–Crippen MR) is 79.0 cm³/mol. The number of nitrogens with one attached hydrogen (secondary N) is 2. The highest BCUT2D eigenvalue weighted by atomic mass is 35.5. The molecule has 0 aliphatic rings. The molecule has 19 heavy (non-hydrogen) atoms. The maximum absolute atomic E-state index is 11.6. The Hall–Kier alpha value is -1.26. The summed E-state index contributed by atoms with van der Waals surface area (Å²) in [4.78, 5) is 11.6. The molecule has 0 saturated carbocycles. The first-order valence-corrected chi connectivity index (χ1v) is 6.58. The van der Waals surface area contributed by atoms with E-state index in [1.165, 1.54) is 0 Å². The smallest absolute Gasteiger partial charge is 0.252 e. The first-order valence-electron chi connectivity index (χ1n) is 6.20. The van der Waals surface area contributed by atoms with Gasteiger partial charge in [0.05, 0.1) is 16.2 Å². The number of benzene rings is 1. The maximum atomic E-state index is 11.6. The highest BCUT2D eigenvalue weighted by Gasteiger charge is 2.15. The molecule has 0 heterocycles. The van der Waals surface area contributed by atoms with Gasteiger partial charge < -0.3 is 15.4 Å². The van der Waals surface area contributed by atoms with Crippen molar-refractivity contribution in [2.75, 3.05) is 26.0 Å². The van der Waals surface area contributed by atoms with E-state index in [0.717, 1.165) is 18.7 Å². The molecule has 0 unspecified atom stereocenters. The van der Waals surface area contributed by atoms with Crippen molar-refractivity contribution in [2.45, 2.75) is 25.9 Å². The predicted octanol–water partition coefficient (Wildman–Crippen LogP) is 2.93. The second-order valence-electron chi connectivity index (χ2n) is 4.91. The van der Waals surface area contributed by atoms with Crippen LogP contribution in [0.2, 0.25) is 5.02 Å². The van der Waals surface area contributed by atoms with Gasteiger partial charge >= 0.3 is 0 Å². The van der Waals surface area contributed by atoms with Crippen LogP contribution in [-0.4, -0.2) is 32.2 Å². The monoisotopic (exact) mass is 284 g/mol. The number of amides is 1. The van der Waals surface area contributed by atoms with E-state index >= 15 is 0 Å². The van der Waals surface area contributed by atoms with Gasteiger partial charge in [-0.15, -0.1) is 0 Å². The van der Waals surface area contributed by atoms with Gasteiger partial charge in [-0.25, -0.2) is 0 Å². The van der Waals surface area contributed by atoms with Crippen LogP contribution in [-0.2, 0) is 4.74 Å². The van der Waals surface area contributed by atoms with Crippen LogP contribution < -0.4 is 10.6 Å². The molecule has 0 aliphatic heterocycles. The summed E-state index contributed by atoms with van der Waals surface area (Å²) in [5, 5.41) is 6.28. The van der Waals surface area contributed by atoms with Crippen LogP contribution in [0.1, 0.15) is 30.6 Å². The molecular weight excluding hydrogens is 264 g/mol. The van der Waals surface area contributed by atoms with Gasteiger partial charge in [-0.1, -0.05) is 11.6 Å². The van der Waals surface area contributed by atoms with Gasteiger partial charge in [0.1, 0.15) is 0 Å². The minimum absolute atomic E-state index is 0.164. The average molecular weight is 285 g/mol. The second kappa shape index (κ2) is 6.78. The van der Waals surface area contributed by atoms with Crippen molar-refractivity contribution in [3.63, 3.8) is 0 Å². The summed E-state index contributed by atoms with van der Waals surface area (Å²) < 4.78 is 5.35. The van der Waals surface area contributed by atoms with E-state index < -0.39 is 0 Å². The quantitative estimate of drug-likeness (QED) is 0.844. The summed E-state index contributed by atoms with van der Waals surface area (Å²) in [6.45, 7) is 4.83. The summed E-state index contributed by atoms with van der Waals surface area (Å²) >= 11 is 5.99. The van der Waals surface area contributed by atoms with Crippen molar-refractivity contribution in [2.24, 2.45) is 0 Å². The van der Waals surface area contributed by atoms with Gasteiger partial charge in [0.2, 0.25) is 0 Å². The number of ether oxygens (including phenoxy) is 1. The molecule has 0 radical (unpaired) electrons. The minimum Gasteiger partial charge on any atom is -0.385 e. The lowest BCUT2D eigenvalue weighted by Gasteiger charge is -2.23. The van der Waals surface area contributed by atoms with E-state index in [4.69, 9.17) is 16.3 Å². The molecule has 0 aliphatic carbocycles. The molecule has 1 amide bonds. The largest absolute Gasteiger partial charge is 0.385 e. The fraction of sp³-hybridized carbons (Fsp3) is 0.500. The molecule has 0 atom stereocenters. The molecular formula is C14H21ClN2O2. The Labute approximate surface area is 119 Å². The minimum atomic E-state index is -0.189. The van der Waals surface area contributed by atoms with E-state index in [9.17, 15) is 4.79 Å². The van der Waals surface area contributed by atoms with E-state index in [1.54, 1.807) is 26.3 Å². The highest BCUT2D eigenvalue weighted by Crippen LogP contribution is 2.21. The zero-order chi connectivity index (χ0) is 14.5. The molecule has 106 valence electrons. The van der Waals surface area contributed by atoms with E-state index in [1.807, 2.05) is 19.9 Å². The maximum Gasteiger partial charge on any atom is 0.252 e. The third kappa shape index (κ3) is 4.73. The fourth-order valence-electron chi connectivity index (χ4n) is 1.55. The van der Waals surface area contributed by atoms with E-state index in [-0.39, 0.29) is 11.5 Å². The molecule has 1 aromatic rings. The van der Waals surface area contributed by atoms with Crippen molar-refractivity contribution in [1.82, 2.24) is 5.32 Å². The topological polar surface area (TPSA) is 50.4 Å². The van der Waals surface area contributed by atoms with Crippen LogP contribution in [0.25, 0.3) is 0 Å². The Morgan fingerprint density at radius 2 is 2.11 bits per heavy atom. The molecule has 4 nitrogen and oxygen atoms in total. The van der Waals surface area contributed by atoms with E-state index in [2.05, 4.69) is 10.6 Å². The van der Waals surface area contributed by atoms with Crippen molar-refractivity contribution in [1.29, 1.82) is 0 Å². The molecule has 1 rings (SSSR count). The number of hydrogen-bond acceptors (Lipinski definition) is 3. The van der Waals surface area contributed by atoms with Gasteiger partial charge in [0, 0.05) is 26.4 Å². The molecule has 0 spiro atoms. The third-order valence-electron chi connectivity index (χ3n) is 3.05. The number of methoxy groups -OCH3 is 1. The number of rotatable bonds is 6. The van der Waals surface area contributed by atoms with Crippen molar-refractivity contribution in [3.8, 4) is 0 Å². The standard InChI is InChI=1S/C14H21ClN2O2/c1-14(2,19-4)7-8-17-10-5-6-12(15)11(9-10)13(18)16-3/h5-6,9,17H,7-8H2,1-4H3,(H,16,18). The summed E-state index contributed by atoms with van der Waals surface area (Å²) in [5.74, 6) is -0.189. The van der Waals surface area contributed by atoms with Crippen LogP contribution in [0, 0.1) is 0 Å². The first kappa shape index (κ1) is 15.8. The van der Waals surface area contributed by atoms with Gasteiger partial charge in [-0.05, 0) is 38.5 Å². The molecule has 0 saturated heterocycles. The van der Waals surface area contributed by atoms with Gasteiger partial charge in [-0.3, -0.25) is 4.79 Å². The highest BCUT2D eigenvalue weighted by molar-refractivity contribution is 6.34. The molecule has 5 heteroatoms. The number of carbonyl (C=O) groups excluding carboxylic acids is 1. The van der Waals surface area contributed by atoms with E-state index in [0.29, 0.717) is 10.6 Å². The van der Waals surface area contributed by atoms with Gasteiger partial charge in [0.25, 0.3) is 5.91 Å². The Morgan fingerprint density at radius 3 is 2.68 bits per heavy atom.